The molecule has 64 valence electrons. The third-order valence-electron chi connectivity index (χ3n) is 1.92. The van der Waals surface area contributed by atoms with Gasteiger partial charge in [0.2, 0.25) is 0 Å². The summed E-state index contributed by atoms with van der Waals surface area (Å²) in [6.45, 7) is 11.3. The highest BCUT2D eigenvalue weighted by Crippen LogP contribution is 2.41. The molecule has 0 spiro atoms. The molecule has 0 saturated heterocycles. The molecule has 0 amide bonds. The Labute approximate surface area is 69.1 Å². The average molecular weight is 154 g/mol. The first-order valence-corrected chi connectivity index (χ1v) is 4.21. The Morgan fingerprint density at radius 2 is 1.45 bits per heavy atom. The molecular weight excluding hydrogens is 136 g/mol. The molecule has 0 aromatic rings. The first-order chi connectivity index (χ1) is 4.81. The van der Waals surface area contributed by atoms with E-state index in [1.165, 1.54) is 6.42 Å². The van der Waals surface area contributed by atoms with E-state index < -0.39 is 0 Å². The minimum atomic E-state index is 0.262. The molecule has 1 aliphatic heterocycles. The van der Waals surface area contributed by atoms with E-state index in [4.69, 9.17) is 0 Å². The van der Waals surface area contributed by atoms with Crippen molar-refractivity contribution in [3.63, 3.8) is 0 Å². The van der Waals surface area contributed by atoms with Crippen LogP contribution in [0.1, 0.15) is 41.0 Å². The predicted octanol–water partition coefficient (Wildman–Crippen LogP) is 3.24. The summed E-state index contributed by atoms with van der Waals surface area (Å²) in [5.74, 6) is 0. The van der Waals surface area contributed by atoms with Crippen molar-refractivity contribution in [2.45, 2.75) is 47.2 Å². The van der Waals surface area contributed by atoms with Gasteiger partial charge in [-0.15, -0.1) is 0 Å². The molecule has 11 heavy (non-hydrogen) atoms. The summed E-state index contributed by atoms with van der Waals surface area (Å²) in [5.41, 5.74) is 0.648. The smallest absolute Gasteiger partial charge is 0.162 e. The van der Waals surface area contributed by atoms with Gasteiger partial charge in [0.1, 0.15) is 0 Å². The quantitative estimate of drug-likeness (QED) is 0.583. The van der Waals surface area contributed by atoms with E-state index in [0.717, 1.165) is 0 Å². The lowest BCUT2D eigenvalue weighted by Crippen LogP contribution is -2.25. The molecule has 0 aromatic carbocycles. The van der Waals surface area contributed by atoms with Crippen molar-refractivity contribution in [2.75, 3.05) is 0 Å². The Balaban J connectivity index is 2.46. The van der Waals surface area contributed by atoms with E-state index in [2.05, 4.69) is 44.8 Å². The molecule has 0 aromatic heterocycles. The molecule has 1 aliphatic rings. The van der Waals surface area contributed by atoms with Crippen LogP contribution < -0.4 is 0 Å². The highest BCUT2D eigenvalue weighted by molar-refractivity contribution is 4.90. The maximum absolute atomic E-state index is 3.98. The fraction of sp³-hybridized carbons (Fsp3) is 1.00. The van der Waals surface area contributed by atoms with Gasteiger partial charge in [-0.05, 0) is 11.8 Å². The van der Waals surface area contributed by atoms with Crippen LogP contribution in [0.3, 0.4) is 0 Å². The second-order valence-electron chi connectivity index (χ2n) is 5.33. The number of hydrogen-bond donors (Lipinski definition) is 0. The summed E-state index contributed by atoms with van der Waals surface area (Å²) in [5, 5.41) is 7.97. The molecule has 1 heterocycles. The Hall–Kier alpha value is -0.400. The topological polar surface area (TPSA) is 24.7 Å². The Kier molecular flexibility index (Phi) is 1.81. The van der Waals surface area contributed by atoms with Crippen molar-refractivity contribution >= 4 is 0 Å². The van der Waals surface area contributed by atoms with Crippen molar-refractivity contribution < 1.29 is 0 Å². The number of hydrogen-bond acceptors (Lipinski definition) is 2. The van der Waals surface area contributed by atoms with Crippen molar-refractivity contribution in [1.82, 2.24) is 0 Å². The van der Waals surface area contributed by atoms with E-state index in [1.807, 2.05) is 0 Å². The molecule has 1 rings (SSSR count). The standard InChI is InChI=1S/C9H18N2/c1-8(2,3)6-9(4,5)7-10-11-7/h7H,6H2,1-5H3. The van der Waals surface area contributed by atoms with Gasteiger partial charge >= 0.3 is 0 Å². The van der Waals surface area contributed by atoms with Crippen LogP contribution in [0.25, 0.3) is 0 Å². The van der Waals surface area contributed by atoms with Crippen molar-refractivity contribution in [3.8, 4) is 0 Å². The molecule has 2 heteroatoms. The number of nitrogens with zero attached hydrogens (tertiary/aromatic N) is 2. The van der Waals surface area contributed by atoms with Crippen LogP contribution in [0.15, 0.2) is 10.2 Å². The number of rotatable bonds is 2. The predicted molar refractivity (Wildman–Crippen MR) is 46.5 cm³/mol. The summed E-state index contributed by atoms with van der Waals surface area (Å²) in [6, 6.07) is 0. The minimum Gasteiger partial charge on any atom is -0.162 e. The van der Waals surface area contributed by atoms with Crippen LogP contribution in [0.5, 0.6) is 0 Å². The van der Waals surface area contributed by atoms with Crippen molar-refractivity contribution in [1.29, 1.82) is 0 Å². The van der Waals surface area contributed by atoms with E-state index in [1.54, 1.807) is 0 Å². The molecule has 0 atom stereocenters. The van der Waals surface area contributed by atoms with Crippen molar-refractivity contribution in [2.24, 2.45) is 21.1 Å². The molecule has 0 N–H and O–H groups in total. The highest BCUT2D eigenvalue weighted by atomic mass is 15.4. The zero-order valence-electron chi connectivity index (χ0n) is 8.18. The lowest BCUT2D eigenvalue weighted by Gasteiger charge is -2.30. The van der Waals surface area contributed by atoms with E-state index in [-0.39, 0.29) is 11.6 Å². The van der Waals surface area contributed by atoms with Gasteiger partial charge in [-0.1, -0.05) is 34.6 Å². The second-order valence-corrected chi connectivity index (χ2v) is 5.33. The summed E-state index contributed by atoms with van der Waals surface area (Å²) in [6.07, 6.45) is 1.46. The fourth-order valence-electron chi connectivity index (χ4n) is 1.80. The summed E-state index contributed by atoms with van der Waals surface area (Å²) in [7, 11) is 0. The lowest BCUT2D eigenvalue weighted by molar-refractivity contribution is 0.204. The molecule has 0 radical (unpaired) electrons. The van der Waals surface area contributed by atoms with Gasteiger partial charge in [0.25, 0.3) is 0 Å². The summed E-state index contributed by atoms with van der Waals surface area (Å²) < 4.78 is 0. The van der Waals surface area contributed by atoms with Crippen LogP contribution in [0.2, 0.25) is 0 Å². The van der Waals surface area contributed by atoms with Gasteiger partial charge in [-0.2, -0.15) is 10.2 Å². The van der Waals surface area contributed by atoms with Gasteiger partial charge in [-0.3, -0.25) is 0 Å². The van der Waals surface area contributed by atoms with Crippen LogP contribution in [0, 0.1) is 10.8 Å². The minimum absolute atomic E-state index is 0.262. The SMILES string of the molecule is CC(C)(C)CC(C)(C)C1N=N1. The van der Waals surface area contributed by atoms with Crippen LogP contribution in [-0.2, 0) is 0 Å². The normalized spacial score (nSPS) is 19.0. The molecule has 0 fully saturated rings. The van der Waals surface area contributed by atoms with Gasteiger partial charge in [-0.25, -0.2) is 0 Å². The average Bonchev–Trinajstić information content (AvgIpc) is 2.30. The Bertz CT molecular complexity index is 168. The lowest BCUT2D eigenvalue weighted by atomic mass is 9.75. The molecule has 0 saturated carbocycles. The largest absolute Gasteiger partial charge is 0.186 e. The van der Waals surface area contributed by atoms with Gasteiger partial charge in [0.05, 0.1) is 0 Å². The van der Waals surface area contributed by atoms with E-state index >= 15 is 0 Å². The van der Waals surface area contributed by atoms with Crippen LogP contribution >= 0.6 is 0 Å². The van der Waals surface area contributed by atoms with E-state index in [0.29, 0.717) is 5.41 Å². The van der Waals surface area contributed by atoms with Gasteiger partial charge < -0.3 is 0 Å². The molecule has 0 aliphatic carbocycles. The third-order valence-corrected chi connectivity index (χ3v) is 1.92. The molecule has 2 nitrogen and oxygen atoms in total. The molecular formula is C9H18N2. The maximum atomic E-state index is 3.98. The molecule has 0 bridgehead atoms. The van der Waals surface area contributed by atoms with Crippen LogP contribution in [0.4, 0.5) is 0 Å². The second kappa shape index (κ2) is 2.29. The highest BCUT2D eigenvalue weighted by Gasteiger charge is 2.38. The maximum Gasteiger partial charge on any atom is 0.186 e. The molecule has 0 unspecified atom stereocenters. The first kappa shape index (κ1) is 8.69. The Morgan fingerprint density at radius 3 is 1.73 bits per heavy atom. The zero-order chi connectivity index (χ0) is 8.70. The van der Waals surface area contributed by atoms with Gasteiger partial charge in [0, 0.05) is 5.41 Å². The zero-order valence-corrected chi connectivity index (χ0v) is 8.18. The summed E-state index contributed by atoms with van der Waals surface area (Å²) >= 11 is 0. The first-order valence-electron chi connectivity index (χ1n) is 4.21. The Morgan fingerprint density at radius 1 is 1.00 bits per heavy atom. The van der Waals surface area contributed by atoms with Gasteiger partial charge in [0.15, 0.2) is 6.17 Å². The third kappa shape index (κ3) is 2.60. The summed E-state index contributed by atoms with van der Waals surface area (Å²) in [4.78, 5) is 0. The monoisotopic (exact) mass is 154 g/mol. The van der Waals surface area contributed by atoms with Crippen LogP contribution in [-0.4, -0.2) is 6.17 Å². The van der Waals surface area contributed by atoms with Crippen molar-refractivity contribution in [3.05, 3.63) is 0 Å². The van der Waals surface area contributed by atoms with E-state index in [9.17, 15) is 0 Å². The fourth-order valence-corrected chi connectivity index (χ4v) is 1.80.